The van der Waals surface area contributed by atoms with Crippen molar-refractivity contribution in [2.24, 2.45) is 0 Å². The molecule has 0 fully saturated rings. The molecule has 0 aromatic heterocycles. The highest BCUT2D eigenvalue weighted by Gasteiger charge is 2.44. The molecular weight excluding hydrogens is 386 g/mol. The number of ether oxygens (including phenoxy) is 6. The Morgan fingerprint density at radius 3 is 2.60 bits per heavy atom. The van der Waals surface area contributed by atoms with Crippen LogP contribution in [0.3, 0.4) is 0 Å². The maximum Gasteiger partial charge on any atom is 0.231 e. The molecule has 3 aliphatic heterocycles. The van der Waals surface area contributed by atoms with E-state index in [4.69, 9.17) is 28.4 Å². The summed E-state index contributed by atoms with van der Waals surface area (Å²) in [5.74, 6) is 3.96. The van der Waals surface area contributed by atoms with Gasteiger partial charge in [-0.05, 0) is 31.2 Å². The molecule has 158 valence electrons. The summed E-state index contributed by atoms with van der Waals surface area (Å²) in [5, 5.41) is 0. The van der Waals surface area contributed by atoms with Crippen molar-refractivity contribution in [3.63, 3.8) is 0 Å². The molecule has 3 heterocycles. The highest BCUT2D eigenvalue weighted by Crippen LogP contribution is 2.57. The van der Waals surface area contributed by atoms with Crippen LogP contribution < -0.4 is 23.7 Å². The van der Waals surface area contributed by atoms with Crippen molar-refractivity contribution in [1.82, 2.24) is 4.90 Å². The quantitative estimate of drug-likeness (QED) is 0.760. The first kappa shape index (κ1) is 18.9. The maximum absolute atomic E-state index is 6.36. The number of rotatable bonds is 4. The third-order valence-electron chi connectivity index (χ3n) is 6.17. The van der Waals surface area contributed by atoms with Crippen molar-refractivity contribution in [3.05, 3.63) is 47.0 Å². The van der Waals surface area contributed by atoms with Crippen molar-refractivity contribution < 1.29 is 28.4 Å². The average molecular weight is 411 g/mol. The highest BCUT2D eigenvalue weighted by atomic mass is 16.7. The van der Waals surface area contributed by atoms with E-state index >= 15 is 0 Å². The minimum Gasteiger partial charge on any atom is -0.493 e. The fourth-order valence-corrected chi connectivity index (χ4v) is 4.83. The molecule has 0 amide bonds. The van der Waals surface area contributed by atoms with Gasteiger partial charge in [-0.3, -0.25) is 4.90 Å². The van der Waals surface area contributed by atoms with Crippen LogP contribution in [0.2, 0.25) is 0 Å². The van der Waals surface area contributed by atoms with Gasteiger partial charge in [0.05, 0.1) is 32.9 Å². The predicted octanol–water partition coefficient (Wildman–Crippen LogP) is 3.71. The van der Waals surface area contributed by atoms with Gasteiger partial charge in [-0.2, -0.15) is 0 Å². The van der Waals surface area contributed by atoms with Crippen LogP contribution in [0.4, 0.5) is 0 Å². The molecule has 2 aromatic rings. The van der Waals surface area contributed by atoms with Crippen LogP contribution in [-0.4, -0.2) is 46.6 Å². The summed E-state index contributed by atoms with van der Waals surface area (Å²) in [6.45, 7) is 5.24. The maximum atomic E-state index is 6.36. The Hall–Kier alpha value is -3.06. The summed E-state index contributed by atoms with van der Waals surface area (Å²) < 4.78 is 34.7. The van der Waals surface area contributed by atoms with Crippen molar-refractivity contribution in [1.29, 1.82) is 0 Å². The lowest BCUT2D eigenvalue weighted by Gasteiger charge is -2.38. The lowest BCUT2D eigenvalue weighted by molar-refractivity contribution is 0.0639. The third-order valence-corrected chi connectivity index (χ3v) is 6.17. The fourth-order valence-electron chi connectivity index (χ4n) is 4.83. The standard InChI is InChI=1S/C23H25NO6/c1-12-17-14(6-7-15(25-3)21(17)26-4)20(30-12)19-18-13(8-9-24(19)2)10-16-22(23(18)27-5)29-11-28-16/h6-7,10,19-20H,1,8-9,11H2,2-5H3. The summed E-state index contributed by atoms with van der Waals surface area (Å²) >= 11 is 0. The van der Waals surface area contributed by atoms with E-state index in [1.54, 1.807) is 21.3 Å². The van der Waals surface area contributed by atoms with Gasteiger partial charge in [0.1, 0.15) is 11.9 Å². The van der Waals surface area contributed by atoms with Gasteiger partial charge in [-0.15, -0.1) is 0 Å². The van der Waals surface area contributed by atoms with Crippen LogP contribution in [-0.2, 0) is 11.2 Å². The number of methoxy groups -OCH3 is 3. The summed E-state index contributed by atoms with van der Waals surface area (Å²) in [7, 11) is 7.02. The molecule has 5 rings (SSSR count). The van der Waals surface area contributed by atoms with E-state index in [0.29, 0.717) is 28.8 Å². The second-order valence-electron chi connectivity index (χ2n) is 7.62. The summed E-state index contributed by atoms with van der Waals surface area (Å²) in [5.41, 5.74) is 4.11. The molecule has 2 aromatic carbocycles. The van der Waals surface area contributed by atoms with Crippen molar-refractivity contribution in [2.75, 3.05) is 41.7 Å². The van der Waals surface area contributed by atoms with E-state index < -0.39 is 0 Å². The molecule has 0 saturated carbocycles. The van der Waals surface area contributed by atoms with E-state index in [-0.39, 0.29) is 18.9 Å². The molecule has 2 atom stereocenters. The molecule has 7 nitrogen and oxygen atoms in total. The number of benzene rings is 2. The minimum atomic E-state index is -0.273. The Morgan fingerprint density at radius 1 is 1.07 bits per heavy atom. The van der Waals surface area contributed by atoms with Gasteiger partial charge < -0.3 is 28.4 Å². The molecule has 0 aliphatic carbocycles. The highest BCUT2D eigenvalue weighted by molar-refractivity contribution is 5.75. The molecule has 0 spiro atoms. The van der Waals surface area contributed by atoms with Gasteiger partial charge in [0.15, 0.2) is 23.0 Å². The molecular formula is C23H25NO6. The lowest BCUT2D eigenvalue weighted by atomic mass is 9.85. The van der Waals surface area contributed by atoms with Gasteiger partial charge in [0.25, 0.3) is 0 Å². The molecule has 0 bridgehead atoms. The molecule has 0 N–H and O–H groups in total. The molecule has 30 heavy (non-hydrogen) atoms. The number of fused-ring (bicyclic) bond motifs is 3. The number of hydrogen-bond donors (Lipinski definition) is 0. The van der Waals surface area contributed by atoms with E-state index in [0.717, 1.165) is 35.4 Å². The zero-order chi connectivity index (χ0) is 21.0. The Kier molecular flexibility index (Phi) is 4.43. The Bertz CT molecular complexity index is 1030. The van der Waals surface area contributed by atoms with Crippen LogP contribution in [0.5, 0.6) is 28.7 Å². The third kappa shape index (κ3) is 2.55. The minimum absolute atomic E-state index is 0.0886. The van der Waals surface area contributed by atoms with Crippen LogP contribution in [0.15, 0.2) is 24.8 Å². The van der Waals surface area contributed by atoms with Crippen LogP contribution in [0, 0.1) is 0 Å². The van der Waals surface area contributed by atoms with Gasteiger partial charge in [0.2, 0.25) is 12.5 Å². The van der Waals surface area contributed by atoms with Crippen LogP contribution >= 0.6 is 0 Å². The van der Waals surface area contributed by atoms with Gasteiger partial charge in [-0.1, -0.05) is 12.6 Å². The van der Waals surface area contributed by atoms with Gasteiger partial charge >= 0.3 is 0 Å². The van der Waals surface area contributed by atoms with Crippen molar-refractivity contribution in [3.8, 4) is 28.7 Å². The first-order chi connectivity index (χ1) is 14.6. The molecule has 0 saturated heterocycles. The van der Waals surface area contributed by atoms with E-state index in [1.165, 1.54) is 5.56 Å². The molecule has 0 radical (unpaired) electrons. The Balaban J connectivity index is 1.69. The topological polar surface area (TPSA) is 58.6 Å². The summed E-state index contributed by atoms with van der Waals surface area (Å²) in [6.07, 6.45) is 0.618. The predicted molar refractivity (Wildman–Crippen MR) is 111 cm³/mol. The van der Waals surface area contributed by atoms with E-state index in [9.17, 15) is 0 Å². The molecule has 2 unspecified atom stereocenters. The number of likely N-dealkylation sites (N-methyl/N-ethyl adjacent to an activating group) is 1. The Labute approximate surface area is 175 Å². The van der Waals surface area contributed by atoms with Crippen molar-refractivity contribution >= 4 is 5.76 Å². The smallest absolute Gasteiger partial charge is 0.231 e. The fraction of sp³-hybridized carbons (Fsp3) is 0.391. The SMILES string of the molecule is C=C1OC(C2c3c(cc4c(c3OC)OCO4)CCN2C)c2ccc(OC)c(OC)c21. The van der Waals surface area contributed by atoms with E-state index in [2.05, 4.69) is 24.6 Å². The second kappa shape index (κ2) is 7.02. The zero-order valence-corrected chi connectivity index (χ0v) is 17.6. The lowest BCUT2D eigenvalue weighted by Crippen LogP contribution is -2.36. The first-order valence-corrected chi connectivity index (χ1v) is 9.89. The monoisotopic (exact) mass is 411 g/mol. The average Bonchev–Trinajstić information content (AvgIpc) is 3.35. The number of nitrogens with zero attached hydrogens (tertiary/aromatic N) is 1. The number of hydrogen-bond acceptors (Lipinski definition) is 7. The van der Waals surface area contributed by atoms with Crippen LogP contribution in [0.25, 0.3) is 5.76 Å². The summed E-state index contributed by atoms with van der Waals surface area (Å²) in [4.78, 5) is 2.29. The zero-order valence-electron chi connectivity index (χ0n) is 17.6. The summed E-state index contributed by atoms with van der Waals surface area (Å²) in [6, 6.07) is 5.92. The van der Waals surface area contributed by atoms with E-state index in [1.807, 2.05) is 12.1 Å². The Morgan fingerprint density at radius 2 is 1.87 bits per heavy atom. The molecule has 7 heteroatoms. The largest absolute Gasteiger partial charge is 0.493 e. The first-order valence-electron chi connectivity index (χ1n) is 9.89. The van der Waals surface area contributed by atoms with Gasteiger partial charge in [-0.25, -0.2) is 0 Å². The van der Waals surface area contributed by atoms with Crippen molar-refractivity contribution in [2.45, 2.75) is 18.6 Å². The van der Waals surface area contributed by atoms with Crippen LogP contribution in [0.1, 0.15) is 34.4 Å². The molecule has 3 aliphatic rings. The van der Waals surface area contributed by atoms with Gasteiger partial charge in [0, 0.05) is 17.7 Å². The normalized spacial score (nSPS) is 21.7. The second-order valence-corrected chi connectivity index (χ2v) is 7.62.